The highest BCUT2D eigenvalue weighted by Crippen LogP contribution is 2.25. The lowest BCUT2D eigenvalue weighted by molar-refractivity contribution is -0.145. The maximum Gasteiger partial charge on any atom is 0.310 e. The Bertz CT molecular complexity index is 797. The van der Waals surface area contributed by atoms with E-state index in [4.69, 9.17) is 16.3 Å². The fourth-order valence-electron chi connectivity index (χ4n) is 2.92. The van der Waals surface area contributed by atoms with Gasteiger partial charge in [0.2, 0.25) is 0 Å². The minimum atomic E-state index is -0.645. The van der Waals surface area contributed by atoms with Gasteiger partial charge >= 0.3 is 5.97 Å². The summed E-state index contributed by atoms with van der Waals surface area (Å²) in [5.41, 5.74) is 1.60. The minimum absolute atomic E-state index is 0.0261. The van der Waals surface area contributed by atoms with Crippen LogP contribution in [0.5, 0.6) is 0 Å². The number of rotatable bonds is 5. The van der Waals surface area contributed by atoms with Crippen molar-refractivity contribution in [3.05, 3.63) is 70.2 Å². The molecule has 1 heterocycles. The number of carbonyl (C=O) groups is 3. The van der Waals surface area contributed by atoms with E-state index in [1.54, 1.807) is 48.5 Å². The first-order chi connectivity index (χ1) is 12.0. The fourth-order valence-corrected chi connectivity index (χ4v) is 3.05. The van der Waals surface area contributed by atoms with E-state index in [0.29, 0.717) is 22.6 Å². The highest BCUT2D eigenvalue weighted by molar-refractivity contribution is 6.30. The van der Waals surface area contributed by atoms with Crippen LogP contribution in [0.1, 0.15) is 26.3 Å². The normalized spacial score (nSPS) is 14.4. The van der Waals surface area contributed by atoms with Gasteiger partial charge in [-0.05, 0) is 36.2 Å². The fraction of sp³-hybridized carbons (Fsp3) is 0.211. The number of hydrogen-bond donors (Lipinski definition) is 0. The number of methoxy groups -OCH3 is 1. The first-order valence-electron chi connectivity index (χ1n) is 7.78. The lowest BCUT2D eigenvalue weighted by atomic mass is 9.98. The van der Waals surface area contributed by atoms with E-state index in [1.807, 2.05) is 0 Å². The number of carbonyl (C=O) groups excluding carboxylic acids is 3. The molecule has 1 atom stereocenters. The molecular formula is C19H16ClNO4. The molecule has 0 bridgehead atoms. The van der Waals surface area contributed by atoms with Crippen LogP contribution < -0.4 is 0 Å². The standard InChI is InChI=1S/C19H16ClNO4/c1-25-19(24)13(10-12-6-8-14(20)9-7-12)11-21-17(22)15-4-2-3-5-16(15)18(21)23/h2-9,13H,10-11H2,1H3. The van der Waals surface area contributed by atoms with Gasteiger partial charge in [-0.2, -0.15) is 0 Å². The maximum atomic E-state index is 12.5. The number of amides is 2. The van der Waals surface area contributed by atoms with Crippen molar-refractivity contribution in [1.82, 2.24) is 4.90 Å². The molecule has 1 unspecified atom stereocenters. The second-order valence-electron chi connectivity index (χ2n) is 5.82. The second-order valence-corrected chi connectivity index (χ2v) is 6.25. The number of fused-ring (bicyclic) bond motifs is 1. The SMILES string of the molecule is COC(=O)C(Cc1ccc(Cl)cc1)CN1C(=O)c2ccccc2C1=O. The van der Waals surface area contributed by atoms with Crippen molar-refractivity contribution in [2.24, 2.45) is 5.92 Å². The molecule has 0 aromatic heterocycles. The molecule has 1 aliphatic rings. The molecule has 0 saturated carbocycles. The molecule has 1 aliphatic heterocycles. The molecule has 25 heavy (non-hydrogen) atoms. The molecule has 0 fully saturated rings. The molecule has 3 rings (SSSR count). The third-order valence-electron chi connectivity index (χ3n) is 4.21. The molecule has 2 aromatic carbocycles. The average molecular weight is 358 g/mol. The predicted octanol–water partition coefficient (Wildman–Crippen LogP) is 2.97. The van der Waals surface area contributed by atoms with Crippen LogP contribution in [0.25, 0.3) is 0 Å². The number of benzene rings is 2. The Morgan fingerprint density at radius 1 is 1.04 bits per heavy atom. The molecule has 0 radical (unpaired) electrons. The van der Waals surface area contributed by atoms with Gasteiger partial charge in [-0.15, -0.1) is 0 Å². The number of esters is 1. The molecule has 128 valence electrons. The average Bonchev–Trinajstić information content (AvgIpc) is 2.87. The van der Waals surface area contributed by atoms with Crippen LogP contribution in [0, 0.1) is 5.92 Å². The third kappa shape index (κ3) is 3.42. The van der Waals surface area contributed by atoms with E-state index in [0.717, 1.165) is 10.5 Å². The van der Waals surface area contributed by atoms with Crippen LogP contribution in [-0.4, -0.2) is 36.3 Å². The highest BCUT2D eigenvalue weighted by Gasteiger charge is 2.38. The largest absolute Gasteiger partial charge is 0.469 e. The van der Waals surface area contributed by atoms with Crippen LogP contribution in [0.15, 0.2) is 48.5 Å². The molecule has 5 nitrogen and oxygen atoms in total. The Kier molecular flexibility index (Phi) is 4.86. The van der Waals surface area contributed by atoms with E-state index < -0.39 is 11.9 Å². The van der Waals surface area contributed by atoms with Crippen molar-refractivity contribution in [2.75, 3.05) is 13.7 Å². The number of ether oxygens (including phenoxy) is 1. The van der Waals surface area contributed by atoms with E-state index in [2.05, 4.69) is 0 Å². The molecule has 2 amide bonds. The van der Waals surface area contributed by atoms with Crippen molar-refractivity contribution < 1.29 is 19.1 Å². The summed E-state index contributed by atoms with van der Waals surface area (Å²) in [6.07, 6.45) is 0.344. The second kappa shape index (κ2) is 7.07. The Morgan fingerprint density at radius 3 is 2.12 bits per heavy atom. The molecule has 0 spiro atoms. The Labute approximate surface area is 150 Å². The van der Waals surface area contributed by atoms with Gasteiger partial charge in [0.15, 0.2) is 0 Å². The zero-order chi connectivity index (χ0) is 18.0. The number of hydrogen-bond acceptors (Lipinski definition) is 4. The smallest absolute Gasteiger partial charge is 0.310 e. The van der Waals surface area contributed by atoms with Crippen LogP contribution in [0.4, 0.5) is 0 Å². The summed E-state index contributed by atoms with van der Waals surface area (Å²) in [7, 11) is 1.29. The molecule has 0 saturated heterocycles. The van der Waals surface area contributed by atoms with E-state index in [9.17, 15) is 14.4 Å². The van der Waals surface area contributed by atoms with Gasteiger partial charge in [0.05, 0.1) is 24.2 Å². The Balaban J connectivity index is 1.82. The Morgan fingerprint density at radius 2 is 1.60 bits per heavy atom. The summed E-state index contributed by atoms with van der Waals surface area (Å²) >= 11 is 5.88. The minimum Gasteiger partial charge on any atom is -0.469 e. The van der Waals surface area contributed by atoms with Crippen LogP contribution in [-0.2, 0) is 16.0 Å². The predicted molar refractivity (Wildman–Crippen MR) is 92.5 cm³/mol. The van der Waals surface area contributed by atoms with Gasteiger partial charge in [-0.3, -0.25) is 19.3 Å². The first-order valence-corrected chi connectivity index (χ1v) is 8.16. The molecular weight excluding hydrogens is 342 g/mol. The van der Waals surface area contributed by atoms with Gasteiger partial charge in [0.1, 0.15) is 0 Å². The number of nitrogens with zero attached hydrogens (tertiary/aromatic N) is 1. The number of imide groups is 1. The molecule has 6 heteroatoms. The van der Waals surface area contributed by atoms with Gasteiger partial charge < -0.3 is 4.74 Å². The molecule has 0 N–H and O–H groups in total. The van der Waals surface area contributed by atoms with Crippen molar-refractivity contribution in [3.8, 4) is 0 Å². The first kappa shape index (κ1) is 17.2. The van der Waals surface area contributed by atoms with E-state index in [1.165, 1.54) is 7.11 Å². The van der Waals surface area contributed by atoms with Gasteiger partial charge in [-0.1, -0.05) is 35.9 Å². The van der Waals surface area contributed by atoms with Gasteiger partial charge in [0.25, 0.3) is 11.8 Å². The van der Waals surface area contributed by atoms with Crippen molar-refractivity contribution in [2.45, 2.75) is 6.42 Å². The highest BCUT2D eigenvalue weighted by atomic mass is 35.5. The topological polar surface area (TPSA) is 63.7 Å². The molecule has 0 aliphatic carbocycles. The summed E-state index contributed by atoms with van der Waals surface area (Å²) in [5, 5.41) is 0.596. The van der Waals surface area contributed by atoms with Crippen LogP contribution >= 0.6 is 11.6 Å². The van der Waals surface area contributed by atoms with Gasteiger partial charge in [-0.25, -0.2) is 0 Å². The maximum absolute atomic E-state index is 12.5. The van der Waals surface area contributed by atoms with Gasteiger partial charge in [0, 0.05) is 11.6 Å². The van der Waals surface area contributed by atoms with Crippen molar-refractivity contribution >= 4 is 29.4 Å². The summed E-state index contributed by atoms with van der Waals surface area (Å²) in [6, 6.07) is 13.7. The van der Waals surface area contributed by atoms with Crippen molar-refractivity contribution in [3.63, 3.8) is 0 Å². The van der Waals surface area contributed by atoms with Crippen LogP contribution in [0.2, 0.25) is 5.02 Å². The third-order valence-corrected chi connectivity index (χ3v) is 4.46. The summed E-state index contributed by atoms with van der Waals surface area (Å²) in [5.74, 6) is -1.88. The molecule has 2 aromatic rings. The summed E-state index contributed by atoms with van der Waals surface area (Å²) in [4.78, 5) is 38.2. The zero-order valence-corrected chi connectivity index (χ0v) is 14.3. The summed E-state index contributed by atoms with van der Waals surface area (Å²) in [6.45, 7) is -0.0261. The van der Waals surface area contributed by atoms with Crippen LogP contribution in [0.3, 0.4) is 0 Å². The lowest BCUT2D eigenvalue weighted by Gasteiger charge is -2.21. The quantitative estimate of drug-likeness (QED) is 0.609. The number of halogens is 1. The zero-order valence-electron chi connectivity index (χ0n) is 13.6. The lowest BCUT2D eigenvalue weighted by Crippen LogP contribution is -2.38. The van der Waals surface area contributed by atoms with E-state index >= 15 is 0 Å². The monoisotopic (exact) mass is 357 g/mol. The summed E-state index contributed by atoms with van der Waals surface area (Å²) < 4.78 is 4.85. The van der Waals surface area contributed by atoms with E-state index in [-0.39, 0.29) is 18.4 Å². The van der Waals surface area contributed by atoms with Crippen molar-refractivity contribution in [1.29, 1.82) is 0 Å². The Hall–Kier alpha value is -2.66.